The molecule has 1 aliphatic rings. The Morgan fingerprint density at radius 1 is 0.885 bits per heavy atom. The maximum absolute atomic E-state index is 12.6. The average molecular weight is 348 g/mol. The first-order valence-electron chi connectivity index (χ1n) is 8.71. The number of fused-ring (bicyclic) bond motifs is 2. The number of hydrogen-bond acceptors (Lipinski definition) is 3. The SMILES string of the molecule is CC.CC=CO.COc1cc2c3c(cccc3c1)C(=O)c1ccccc1-2. The molecule has 0 radical (unpaired) electrons. The average Bonchev–Trinajstić information content (AvgIpc) is 2.73. The molecule has 4 rings (SSSR count). The summed E-state index contributed by atoms with van der Waals surface area (Å²) in [6.45, 7) is 5.75. The summed E-state index contributed by atoms with van der Waals surface area (Å²) in [7, 11) is 1.66. The van der Waals surface area contributed by atoms with E-state index >= 15 is 0 Å². The van der Waals surface area contributed by atoms with Gasteiger partial charge in [0, 0.05) is 16.5 Å². The van der Waals surface area contributed by atoms with E-state index in [9.17, 15) is 4.79 Å². The second kappa shape index (κ2) is 8.86. The van der Waals surface area contributed by atoms with Crippen molar-refractivity contribution in [1.82, 2.24) is 0 Å². The molecule has 1 aliphatic carbocycles. The smallest absolute Gasteiger partial charge is 0.194 e. The van der Waals surface area contributed by atoms with Gasteiger partial charge in [-0.3, -0.25) is 4.79 Å². The number of aliphatic hydroxyl groups excluding tert-OH is 1. The Balaban J connectivity index is 0.000000361. The molecule has 0 spiro atoms. The van der Waals surface area contributed by atoms with Crippen LogP contribution in [0.2, 0.25) is 0 Å². The third kappa shape index (κ3) is 3.47. The fourth-order valence-electron chi connectivity index (χ4n) is 2.98. The molecule has 0 amide bonds. The summed E-state index contributed by atoms with van der Waals surface area (Å²) >= 11 is 0. The molecule has 3 heteroatoms. The number of ketones is 1. The van der Waals surface area contributed by atoms with Crippen LogP contribution in [0, 0.1) is 0 Å². The van der Waals surface area contributed by atoms with Gasteiger partial charge in [0.1, 0.15) is 5.75 Å². The van der Waals surface area contributed by atoms with Crippen molar-refractivity contribution in [2.45, 2.75) is 20.8 Å². The van der Waals surface area contributed by atoms with Crippen LogP contribution in [-0.4, -0.2) is 18.0 Å². The quantitative estimate of drug-likeness (QED) is 0.419. The number of benzene rings is 3. The van der Waals surface area contributed by atoms with Gasteiger partial charge in [0.2, 0.25) is 0 Å². The highest BCUT2D eigenvalue weighted by molar-refractivity contribution is 6.26. The molecule has 3 nitrogen and oxygen atoms in total. The van der Waals surface area contributed by atoms with Crippen LogP contribution in [-0.2, 0) is 0 Å². The van der Waals surface area contributed by atoms with Crippen molar-refractivity contribution in [2.24, 2.45) is 0 Å². The first kappa shape index (κ1) is 19.3. The van der Waals surface area contributed by atoms with Gasteiger partial charge < -0.3 is 9.84 Å². The number of ether oxygens (including phenoxy) is 1. The molecule has 3 aromatic carbocycles. The van der Waals surface area contributed by atoms with Gasteiger partial charge in [0.25, 0.3) is 0 Å². The van der Waals surface area contributed by atoms with Crippen LogP contribution in [0.5, 0.6) is 5.75 Å². The van der Waals surface area contributed by atoms with Crippen molar-refractivity contribution in [2.75, 3.05) is 7.11 Å². The molecule has 3 aromatic rings. The molecule has 0 bridgehead atoms. The molecule has 0 saturated heterocycles. The van der Waals surface area contributed by atoms with E-state index in [2.05, 4.69) is 0 Å². The van der Waals surface area contributed by atoms with Gasteiger partial charge in [-0.2, -0.15) is 0 Å². The highest BCUT2D eigenvalue weighted by atomic mass is 16.5. The number of carbonyl (C=O) groups excluding carboxylic acids is 1. The summed E-state index contributed by atoms with van der Waals surface area (Å²) in [5, 5.41) is 9.76. The second-order valence-corrected chi connectivity index (χ2v) is 5.44. The zero-order chi connectivity index (χ0) is 19.1. The third-order valence-corrected chi connectivity index (χ3v) is 4.04. The molecule has 0 saturated carbocycles. The predicted octanol–water partition coefficient (Wildman–Crippen LogP) is 6.16. The standard InChI is InChI=1S/C18H12O2.C3H6O.C2H6/c1-20-12-9-11-5-4-8-15-17(11)16(10-12)13-6-2-3-7-14(13)18(15)19;1-2-3-4;1-2/h2-10H,1H3;2-4H,1H3;1-2H3. The summed E-state index contributed by atoms with van der Waals surface area (Å²) in [6.07, 6.45) is 2.56. The number of methoxy groups -OCH3 is 1. The Morgan fingerprint density at radius 3 is 2.12 bits per heavy atom. The van der Waals surface area contributed by atoms with E-state index in [0.29, 0.717) is 0 Å². The predicted molar refractivity (Wildman–Crippen MR) is 108 cm³/mol. The Bertz CT molecular complexity index is 935. The van der Waals surface area contributed by atoms with Crippen LogP contribution < -0.4 is 4.74 Å². The molecule has 0 aromatic heterocycles. The van der Waals surface area contributed by atoms with E-state index in [1.165, 1.54) is 0 Å². The third-order valence-electron chi connectivity index (χ3n) is 4.04. The second-order valence-electron chi connectivity index (χ2n) is 5.44. The number of carbonyl (C=O) groups is 1. The van der Waals surface area contributed by atoms with Crippen molar-refractivity contribution >= 4 is 16.6 Å². The minimum Gasteiger partial charge on any atom is -0.516 e. The van der Waals surface area contributed by atoms with Gasteiger partial charge in [0.15, 0.2) is 5.78 Å². The highest BCUT2D eigenvalue weighted by Crippen LogP contribution is 2.41. The van der Waals surface area contributed by atoms with Crippen LogP contribution in [0.3, 0.4) is 0 Å². The van der Waals surface area contributed by atoms with E-state index in [-0.39, 0.29) is 5.78 Å². The van der Waals surface area contributed by atoms with E-state index in [1.54, 1.807) is 20.1 Å². The zero-order valence-electron chi connectivity index (χ0n) is 15.6. The Kier molecular flexibility index (Phi) is 6.56. The first-order chi connectivity index (χ1) is 12.7. The number of hydrogen-bond donors (Lipinski definition) is 1. The van der Waals surface area contributed by atoms with Crippen LogP contribution in [0.25, 0.3) is 21.9 Å². The lowest BCUT2D eigenvalue weighted by Gasteiger charge is -2.20. The molecule has 0 aliphatic heterocycles. The summed E-state index contributed by atoms with van der Waals surface area (Å²) < 4.78 is 5.39. The Labute approximate surface area is 154 Å². The van der Waals surface area contributed by atoms with Crippen LogP contribution in [0.15, 0.2) is 66.9 Å². The maximum atomic E-state index is 12.6. The lowest BCUT2D eigenvalue weighted by molar-refractivity contribution is 0.104. The van der Waals surface area contributed by atoms with Gasteiger partial charge in [0.05, 0.1) is 13.4 Å². The normalized spacial score (nSPS) is 11.2. The lowest BCUT2D eigenvalue weighted by Crippen LogP contribution is -2.09. The van der Waals surface area contributed by atoms with Gasteiger partial charge in [-0.05, 0) is 35.6 Å². The van der Waals surface area contributed by atoms with Crippen molar-refractivity contribution in [3.63, 3.8) is 0 Å². The molecule has 0 atom stereocenters. The summed E-state index contributed by atoms with van der Waals surface area (Å²) in [5.41, 5.74) is 3.60. The van der Waals surface area contributed by atoms with E-state index < -0.39 is 0 Å². The van der Waals surface area contributed by atoms with Crippen molar-refractivity contribution < 1.29 is 14.6 Å². The van der Waals surface area contributed by atoms with Gasteiger partial charge >= 0.3 is 0 Å². The maximum Gasteiger partial charge on any atom is 0.194 e. The number of allylic oxidation sites excluding steroid dienone is 1. The highest BCUT2D eigenvalue weighted by Gasteiger charge is 2.25. The summed E-state index contributed by atoms with van der Waals surface area (Å²) in [5.74, 6) is 0.915. The van der Waals surface area contributed by atoms with Crippen molar-refractivity contribution in [3.05, 3.63) is 78.1 Å². The lowest BCUT2D eigenvalue weighted by atomic mass is 9.83. The number of rotatable bonds is 1. The fraction of sp³-hybridized carbons (Fsp3) is 0.174. The van der Waals surface area contributed by atoms with Crippen molar-refractivity contribution in [1.29, 1.82) is 0 Å². The van der Waals surface area contributed by atoms with Crippen LogP contribution >= 0.6 is 0 Å². The number of aliphatic hydroxyl groups is 1. The molecule has 26 heavy (non-hydrogen) atoms. The molecule has 0 fully saturated rings. The van der Waals surface area contributed by atoms with Crippen LogP contribution in [0.1, 0.15) is 36.7 Å². The molecule has 1 N–H and O–H groups in total. The summed E-state index contributed by atoms with van der Waals surface area (Å²) in [4.78, 5) is 12.6. The molecule has 0 unspecified atom stereocenters. The molecule has 134 valence electrons. The molecular formula is C23H24O3. The topological polar surface area (TPSA) is 46.5 Å². The Hall–Kier alpha value is -3.07. The molecular weight excluding hydrogens is 324 g/mol. The van der Waals surface area contributed by atoms with Gasteiger partial charge in [-0.15, -0.1) is 0 Å². The van der Waals surface area contributed by atoms with E-state index in [0.717, 1.165) is 45.0 Å². The minimum absolute atomic E-state index is 0.101. The van der Waals surface area contributed by atoms with Crippen molar-refractivity contribution in [3.8, 4) is 16.9 Å². The fourth-order valence-corrected chi connectivity index (χ4v) is 2.98. The first-order valence-corrected chi connectivity index (χ1v) is 8.71. The van der Waals surface area contributed by atoms with Gasteiger partial charge in [-0.1, -0.05) is 62.4 Å². The molecule has 0 heterocycles. The largest absolute Gasteiger partial charge is 0.516 e. The van der Waals surface area contributed by atoms with Crippen LogP contribution in [0.4, 0.5) is 0 Å². The summed E-state index contributed by atoms with van der Waals surface area (Å²) in [6, 6.07) is 17.6. The minimum atomic E-state index is 0.101. The van der Waals surface area contributed by atoms with E-state index in [1.807, 2.05) is 68.4 Å². The van der Waals surface area contributed by atoms with Gasteiger partial charge in [-0.25, -0.2) is 0 Å². The monoisotopic (exact) mass is 348 g/mol. The van der Waals surface area contributed by atoms with E-state index in [4.69, 9.17) is 9.84 Å². The Morgan fingerprint density at radius 2 is 1.50 bits per heavy atom. The zero-order valence-corrected chi connectivity index (χ0v) is 15.6.